The van der Waals surface area contributed by atoms with Gasteiger partial charge in [0, 0.05) is 17.5 Å². The number of benzene rings is 1. The minimum atomic E-state index is -0.536. The normalized spacial score (nSPS) is 10.3. The summed E-state index contributed by atoms with van der Waals surface area (Å²) in [6.07, 6.45) is 0. The molecule has 94 valence electrons. The van der Waals surface area contributed by atoms with Crippen LogP contribution in [0.15, 0.2) is 33.9 Å². The highest BCUT2D eigenvalue weighted by atomic mass is 32.1. The zero-order valence-corrected chi connectivity index (χ0v) is 10.7. The predicted octanol–water partition coefficient (Wildman–Crippen LogP) is 1.55. The van der Waals surface area contributed by atoms with E-state index >= 15 is 0 Å². The standard InChI is InChI=1S/C12H13N3O2S/c1-7-2-3-9(4-8(7)6-18)13-10-5-11(16)15-12(17)14-10/h2-5,18H,6H2,1H3,(H3,13,14,15,16,17). The number of H-pyrrole nitrogens is 2. The summed E-state index contributed by atoms with van der Waals surface area (Å²) in [4.78, 5) is 26.9. The van der Waals surface area contributed by atoms with Gasteiger partial charge in [-0.1, -0.05) is 6.07 Å². The molecule has 3 N–H and O–H groups in total. The second-order valence-electron chi connectivity index (χ2n) is 3.93. The summed E-state index contributed by atoms with van der Waals surface area (Å²) in [6.45, 7) is 2.00. The third-order valence-electron chi connectivity index (χ3n) is 2.56. The molecule has 18 heavy (non-hydrogen) atoms. The van der Waals surface area contributed by atoms with E-state index in [0.717, 1.165) is 16.8 Å². The van der Waals surface area contributed by atoms with Gasteiger partial charge in [-0.25, -0.2) is 4.79 Å². The molecule has 5 nitrogen and oxygen atoms in total. The SMILES string of the molecule is Cc1ccc(Nc2cc(=O)[nH]c(=O)[nH]2)cc1CS. The van der Waals surface area contributed by atoms with Crippen molar-refractivity contribution < 1.29 is 0 Å². The molecule has 1 aromatic carbocycles. The van der Waals surface area contributed by atoms with Gasteiger partial charge in [0.15, 0.2) is 0 Å². The number of aryl methyl sites for hydroxylation is 1. The molecule has 0 amide bonds. The minimum Gasteiger partial charge on any atom is -0.342 e. The van der Waals surface area contributed by atoms with Crippen molar-refractivity contribution in [3.05, 3.63) is 56.2 Å². The Morgan fingerprint density at radius 2 is 2.00 bits per heavy atom. The molecule has 0 atom stereocenters. The lowest BCUT2D eigenvalue weighted by Crippen LogP contribution is -2.22. The minimum absolute atomic E-state index is 0.359. The summed E-state index contributed by atoms with van der Waals surface area (Å²) in [5, 5.41) is 2.98. The van der Waals surface area contributed by atoms with E-state index in [4.69, 9.17) is 0 Å². The Bertz CT molecular complexity index is 647. The molecule has 2 aromatic rings. The molecule has 0 aliphatic rings. The van der Waals surface area contributed by atoms with Crippen LogP contribution in [0.3, 0.4) is 0 Å². The van der Waals surface area contributed by atoms with Crippen LogP contribution in [0.1, 0.15) is 11.1 Å². The monoisotopic (exact) mass is 263 g/mol. The lowest BCUT2D eigenvalue weighted by atomic mass is 10.1. The number of thiol groups is 1. The molecule has 0 spiro atoms. The van der Waals surface area contributed by atoms with Gasteiger partial charge in [0.25, 0.3) is 5.56 Å². The Morgan fingerprint density at radius 3 is 2.67 bits per heavy atom. The summed E-state index contributed by atoms with van der Waals surface area (Å²) in [5.74, 6) is 0.991. The summed E-state index contributed by atoms with van der Waals surface area (Å²) < 4.78 is 0. The maximum atomic E-state index is 11.2. The predicted molar refractivity (Wildman–Crippen MR) is 74.8 cm³/mol. The summed E-state index contributed by atoms with van der Waals surface area (Å²) >= 11 is 4.25. The van der Waals surface area contributed by atoms with Crippen molar-refractivity contribution >= 4 is 24.1 Å². The maximum Gasteiger partial charge on any atom is 0.327 e. The Morgan fingerprint density at radius 1 is 1.22 bits per heavy atom. The fourth-order valence-electron chi connectivity index (χ4n) is 1.61. The first-order valence-corrected chi connectivity index (χ1v) is 6.03. The van der Waals surface area contributed by atoms with Crippen LogP contribution < -0.4 is 16.6 Å². The Labute approximate surface area is 109 Å². The van der Waals surface area contributed by atoms with E-state index in [1.54, 1.807) is 0 Å². The summed E-state index contributed by atoms with van der Waals surface area (Å²) in [5.41, 5.74) is 2.06. The van der Waals surface area contributed by atoms with Crippen molar-refractivity contribution in [3.8, 4) is 0 Å². The molecule has 1 aromatic heterocycles. The molecule has 0 bridgehead atoms. The average molecular weight is 263 g/mol. The van der Waals surface area contributed by atoms with Gasteiger partial charge in [0.1, 0.15) is 5.82 Å². The third kappa shape index (κ3) is 2.84. The largest absolute Gasteiger partial charge is 0.342 e. The molecule has 0 fully saturated rings. The van der Waals surface area contributed by atoms with E-state index in [0.29, 0.717) is 11.6 Å². The van der Waals surface area contributed by atoms with E-state index in [-0.39, 0.29) is 0 Å². The molecular formula is C12H13N3O2S. The van der Waals surface area contributed by atoms with Gasteiger partial charge in [-0.15, -0.1) is 0 Å². The number of anilines is 2. The van der Waals surface area contributed by atoms with Crippen molar-refractivity contribution in [1.29, 1.82) is 0 Å². The number of hydrogen-bond donors (Lipinski definition) is 4. The average Bonchev–Trinajstić information content (AvgIpc) is 2.30. The first kappa shape index (κ1) is 12.5. The molecule has 6 heteroatoms. The van der Waals surface area contributed by atoms with E-state index < -0.39 is 11.2 Å². The highest BCUT2D eigenvalue weighted by molar-refractivity contribution is 7.79. The fourth-order valence-corrected chi connectivity index (χ4v) is 1.95. The number of hydrogen-bond acceptors (Lipinski definition) is 4. The highest BCUT2D eigenvalue weighted by Gasteiger charge is 2.01. The van der Waals surface area contributed by atoms with Gasteiger partial charge in [0.2, 0.25) is 0 Å². The van der Waals surface area contributed by atoms with E-state index in [1.807, 2.05) is 25.1 Å². The van der Waals surface area contributed by atoms with E-state index in [9.17, 15) is 9.59 Å². The number of aromatic nitrogens is 2. The molecule has 0 saturated heterocycles. The zero-order valence-electron chi connectivity index (χ0n) is 9.78. The van der Waals surface area contributed by atoms with Crippen LogP contribution in [0.4, 0.5) is 11.5 Å². The molecule has 0 unspecified atom stereocenters. The fraction of sp³-hybridized carbons (Fsp3) is 0.167. The number of aromatic amines is 2. The van der Waals surface area contributed by atoms with Gasteiger partial charge < -0.3 is 5.32 Å². The smallest absolute Gasteiger partial charge is 0.327 e. The Balaban J connectivity index is 2.34. The second-order valence-corrected chi connectivity index (χ2v) is 4.24. The Hall–Kier alpha value is -1.95. The number of rotatable bonds is 3. The van der Waals surface area contributed by atoms with Crippen molar-refractivity contribution in [3.63, 3.8) is 0 Å². The molecular weight excluding hydrogens is 250 g/mol. The molecule has 0 radical (unpaired) electrons. The van der Waals surface area contributed by atoms with Crippen LogP contribution in [0.25, 0.3) is 0 Å². The van der Waals surface area contributed by atoms with Crippen LogP contribution in [-0.2, 0) is 5.75 Å². The van der Waals surface area contributed by atoms with Crippen molar-refractivity contribution in [2.75, 3.05) is 5.32 Å². The Kier molecular flexibility index (Phi) is 3.57. The molecule has 0 saturated carbocycles. The maximum absolute atomic E-state index is 11.2. The summed E-state index contributed by atoms with van der Waals surface area (Å²) in [6, 6.07) is 7.06. The van der Waals surface area contributed by atoms with Crippen LogP contribution in [-0.4, -0.2) is 9.97 Å². The van der Waals surface area contributed by atoms with E-state index in [1.165, 1.54) is 6.07 Å². The highest BCUT2D eigenvalue weighted by Crippen LogP contribution is 2.19. The molecule has 0 aliphatic carbocycles. The van der Waals surface area contributed by atoms with Gasteiger partial charge in [-0.05, 0) is 30.2 Å². The van der Waals surface area contributed by atoms with Crippen molar-refractivity contribution in [2.24, 2.45) is 0 Å². The molecule has 2 rings (SSSR count). The van der Waals surface area contributed by atoms with Crippen molar-refractivity contribution in [2.45, 2.75) is 12.7 Å². The van der Waals surface area contributed by atoms with Gasteiger partial charge in [0.05, 0.1) is 0 Å². The zero-order chi connectivity index (χ0) is 13.1. The molecule has 0 aliphatic heterocycles. The number of nitrogens with one attached hydrogen (secondary N) is 3. The van der Waals surface area contributed by atoms with Gasteiger partial charge in [-0.2, -0.15) is 12.6 Å². The van der Waals surface area contributed by atoms with Crippen LogP contribution in [0.5, 0.6) is 0 Å². The lowest BCUT2D eigenvalue weighted by molar-refractivity contribution is 1.04. The third-order valence-corrected chi connectivity index (χ3v) is 2.90. The topological polar surface area (TPSA) is 77.8 Å². The van der Waals surface area contributed by atoms with Gasteiger partial charge >= 0.3 is 5.69 Å². The first-order valence-electron chi connectivity index (χ1n) is 5.39. The van der Waals surface area contributed by atoms with Gasteiger partial charge in [-0.3, -0.25) is 14.8 Å². The van der Waals surface area contributed by atoms with Crippen LogP contribution in [0.2, 0.25) is 0 Å². The lowest BCUT2D eigenvalue weighted by Gasteiger charge is -2.09. The first-order chi connectivity index (χ1) is 8.58. The van der Waals surface area contributed by atoms with Crippen molar-refractivity contribution in [1.82, 2.24) is 9.97 Å². The van der Waals surface area contributed by atoms with Crippen LogP contribution in [0, 0.1) is 6.92 Å². The molecule has 1 heterocycles. The second kappa shape index (κ2) is 5.14. The quantitative estimate of drug-likeness (QED) is 0.634. The van der Waals surface area contributed by atoms with E-state index in [2.05, 4.69) is 27.9 Å². The van der Waals surface area contributed by atoms with Crippen LogP contribution >= 0.6 is 12.6 Å². The summed E-state index contributed by atoms with van der Waals surface area (Å²) in [7, 11) is 0.